The van der Waals surface area contributed by atoms with Gasteiger partial charge in [-0.1, -0.05) is 78.9 Å². The lowest BCUT2D eigenvalue weighted by atomic mass is 9.97. The Hall–Kier alpha value is -3.52. The Morgan fingerprint density at radius 1 is 0.556 bits per heavy atom. The van der Waals surface area contributed by atoms with Crippen LogP contribution in [0.25, 0.3) is 44.1 Å². The fourth-order valence-electron chi connectivity index (χ4n) is 3.77. The Labute approximate surface area is 158 Å². The van der Waals surface area contributed by atoms with E-state index in [1.54, 1.807) is 0 Å². The lowest BCUT2D eigenvalue weighted by molar-refractivity contribution is 1.21. The van der Waals surface area contributed by atoms with Gasteiger partial charge in [0.2, 0.25) is 0 Å². The summed E-state index contributed by atoms with van der Waals surface area (Å²) in [5.74, 6) is 0. The zero-order chi connectivity index (χ0) is 18.2. The fourth-order valence-corrected chi connectivity index (χ4v) is 3.77. The van der Waals surface area contributed by atoms with E-state index in [0.717, 1.165) is 22.5 Å². The number of benzene rings is 4. The second-order valence-electron chi connectivity index (χ2n) is 6.79. The summed E-state index contributed by atoms with van der Waals surface area (Å²) in [6, 6.07) is 27.4. The molecule has 5 aromatic rings. The van der Waals surface area contributed by atoms with Crippen LogP contribution in [-0.4, -0.2) is 9.97 Å². The summed E-state index contributed by atoms with van der Waals surface area (Å²) in [6.07, 6.45) is 3.78. The molecule has 0 unspecified atom stereocenters. The van der Waals surface area contributed by atoms with Crippen LogP contribution in [0.2, 0.25) is 0 Å². The molecule has 0 aliphatic carbocycles. The third kappa shape index (κ3) is 2.67. The average molecular weight is 346 g/mol. The lowest BCUT2D eigenvalue weighted by Crippen LogP contribution is -1.93. The van der Waals surface area contributed by atoms with E-state index in [2.05, 4.69) is 85.8 Å². The van der Waals surface area contributed by atoms with Gasteiger partial charge in [0, 0.05) is 11.1 Å². The first kappa shape index (κ1) is 15.7. The molecule has 0 aliphatic heterocycles. The largest absolute Gasteiger partial charge is 0.252 e. The number of aromatic nitrogens is 2. The topological polar surface area (TPSA) is 25.8 Å². The van der Waals surface area contributed by atoms with E-state index in [-0.39, 0.29) is 0 Å². The quantitative estimate of drug-likeness (QED) is 0.368. The zero-order valence-electron chi connectivity index (χ0n) is 15.1. The first-order valence-electron chi connectivity index (χ1n) is 9.10. The molecule has 1 heterocycles. The van der Waals surface area contributed by atoms with E-state index in [9.17, 15) is 0 Å². The molecule has 5 rings (SSSR count). The van der Waals surface area contributed by atoms with Gasteiger partial charge in [-0.2, -0.15) is 0 Å². The van der Waals surface area contributed by atoms with Crippen LogP contribution in [0.4, 0.5) is 0 Å². The molecule has 27 heavy (non-hydrogen) atoms. The van der Waals surface area contributed by atoms with Crippen molar-refractivity contribution < 1.29 is 0 Å². The molecule has 1 aromatic heterocycles. The summed E-state index contributed by atoms with van der Waals surface area (Å²) in [5, 5.41) is 4.84. The van der Waals surface area contributed by atoms with Gasteiger partial charge in [-0.15, -0.1) is 0 Å². The van der Waals surface area contributed by atoms with E-state index < -0.39 is 0 Å². The average Bonchev–Trinajstić information content (AvgIpc) is 2.73. The van der Waals surface area contributed by atoms with Crippen molar-refractivity contribution in [3.8, 4) is 22.5 Å². The van der Waals surface area contributed by atoms with Crippen LogP contribution >= 0.6 is 0 Å². The third-order valence-electron chi connectivity index (χ3n) is 5.11. The minimum atomic E-state index is 0.897. The first-order chi connectivity index (χ1) is 13.3. The van der Waals surface area contributed by atoms with E-state index in [0.29, 0.717) is 0 Å². The van der Waals surface area contributed by atoms with Crippen molar-refractivity contribution >= 4 is 21.5 Å². The number of rotatable bonds is 2. The van der Waals surface area contributed by atoms with Gasteiger partial charge >= 0.3 is 0 Å². The molecular formula is C25H18N2. The van der Waals surface area contributed by atoms with E-state index in [4.69, 9.17) is 9.97 Å². The fraction of sp³-hybridized carbons (Fsp3) is 0.0400. The number of aryl methyl sites for hydroxylation is 1. The summed E-state index contributed by atoms with van der Waals surface area (Å²) >= 11 is 0. The van der Waals surface area contributed by atoms with Crippen molar-refractivity contribution in [2.75, 3.05) is 0 Å². The predicted molar refractivity (Wildman–Crippen MR) is 113 cm³/mol. The van der Waals surface area contributed by atoms with Crippen LogP contribution < -0.4 is 0 Å². The van der Waals surface area contributed by atoms with Crippen LogP contribution in [0.1, 0.15) is 5.56 Å². The summed E-state index contributed by atoms with van der Waals surface area (Å²) in [6.45, 7) is 2.13. The molecule has 0 spiro atoms. The first-order valence-corrected chi connectivity index (χ1v) is 9.10. The third-order valence-corrected chi connectivity index (χ3v) is 5.11. The van der Waals surface area contributed by atoms with Crippen molar-refractivity contribution in [1.29, 1.82) is 0 Å². The Morgan fingerprint density at radius 2 is 1.19 bits per heavy atom. The summed E-state index contributed by atoms with van der Waals surface area (Å²) in [4.78, 5) is 9.54. The monoisotopic (exact) mass is 346 g/mol. The van der Waals surface area contributed by atoms with E-state index >= 15 is 0 Å². The molecule has 2 heteroatoms. The number of hydrogen-bond acceptors (Lipinski definition) is 2. The minimum Gasteiger partial charge on any atom is -0.252 e. The highest BCUT2D eigenvalue weighted by Crippen LogP contribution is 2.32. The molecule has 0 N–H and O–H groups in total. The Morgan fingerprint density at radius 3 is 1.96 bits per heavy atom. The van der Waals surface area contributed by atoms with Crippen molar-refractivity contribution in [3.63, 3.8) is 0 Å². The Kier molecular flexibility index (Phi) is 3.68. The van der Waals surface area contributed by atoms with Crippen LogP contribution in [0.5, 0.6) is 0 Å². The van der Waals surface area contributed by atoms with Crippen LogP contribution in [0.3, 0.4) is 0 Å². The highest BCUT2D eigenvalue weighted by molar-refractivity contribution is 5.98. The number of nitrogens with zero attached hydrogens (tertiary/aromatic N) is 2. The van der Waals surface area contributed by atoms with Crippen molar-refractivity contribution in [2.45, 2.75) is 6.92 Å². The maximum atomic E-state index is 4.78. The normalized spacial score (nSPS) is 11.1. The summed E-state index contributed by atoms with van der Waals surface area (Å²) in [5.41, 5.74) is 5.29. The van der Waals surface area contributed by atoms with E-state index in [1.807, 2.05) is 12.4 Å². The summed E-state index contributed by atoms with van der Waals surface area (Å²) in [7, 11) is 0. The molecule has 0 bridgehead atoms. The molecule has 4 aromatic carbocycles. The summed E-state index contributed by atoms with van der Waals surface area (Å²) < 4.78 is 0. The van der Waals surface area contributed by atoms with Gasteiger partial charge in [0.05, 0.1) is 23.8 Å². The van der Waals surface area contributed by atoms with Crippen LogP contribution in [0, 0.1) is 6.92 Å². The second kappa shape index (κ2) is 6.33. The van der Waals surface area contributed by atoms with Gasteiger partial charge in [-0.05, 0) is 34.0 Å². The molecule has 128 valence electrons. The van der Waals surface area contributed by atoms with E-state index in [1.165, 1.54) is 27.1 Å². The minimum absolute atomic E-state index is 0.897. The zero-order valence-corrected chi connectivity index (χ0v) is 15.1. The SMILES string of the molecule is Cc1ccc2ccccc2c1-c1cnc(-c2cccc3ccccc23)cn1. The van der Waals surface area contributed by atoms with Gasteiger partial charge in [-0.25, -0.2) is 0 Å². The maximum absolute atomic E-state index is 4.78. The van der Waals surface area contributed by atoms with Crippen LogP contribution in [-0.2, 0) is 0 Å². The Bertz CT molecular complexity index is 1270. The molecule has 2 nitrogen and oxygen atoms in total. The van der Waals surface area contributed by atoms with Gasteiger partial charge < -0.3 is 0 Å². The highest BCUT2D eigenvalue weighted by Gasteiger charge is 2.11. The molecule has 0 atom stereocenters. The van der Waals surface area contributed by atoms with Gasteiger partial charge in [0.25, 0.3) is 0 Å². The number of hydrogen-bond donors (Lipinski definition) is 0. The molecule has 0 saturated carbocycles. The smallest absolute Gasteiger partial charge is 0.0894 e. The van der Waals surface area contributed by atoms with Crippen molar-refractivity contribution in [2.24, 2.45) is 0 Å². The predicted octanol–water partition coefficient (Wildman–Crippen LogP) is 6.43. The van der Waals surface area contributed by atoms with Crippen LogP contribution in [0.15, 0.2) is 91.3 Å². The Balaban J connectivity index is 1.66. The van der Waals surface area contributed by atoms with Gasteiger partial charge in [0.1, 0.15) is 0 Å². The standard InChI is InChI=1S/C25H18N2/c1-17-13-14-19-8-3-5-11-21(19)25(17)24-16-26-23(15-27-24)22-12-6-9-18-7-2-4-10-20(18)22/h2-16H,1H3. The van der Waals surface area contributed by atoms with Crippen molar-refractivity contribution in [3.05, 3.63) is 96.8 Å². The van der Waals surface area contributed by atoms with Crippen molar-refractivity contribution in [1.82, 2.24) is 9.97 Å². The number of fused-ring (bicyclic) bond motifs is 2. The second-order valence-corrected chi connectivity index (χ2v) is 6.79. The highest BCUT2D eigenvalue weighted by atomic mass is 14.8. The molecule has 0 radical (unpaired) electrons. The molecular weight excluding hydrogens is 328 g/mol. The van der Waals surface area contributed by atoms with Gasteiger partial charge in [0.15, 0.2) is 0 Å². The molecule has 0 saturated heterocycles. The molecule has 0 aliphatic rings. The molecule has 0 fully saturated rings. The molecule has 0 amide bonds. The van der Waals surface area contributed by atoms with Gasteiger partial charge in [-0.3, -0.25) is 9.97 Å². The maximum Gasteiger partial charge on any atom is 0.0894 e. The lowest BCUT2D eigenvalue weighted by Gasteiger charge is -2.11.